The normalized spacial score (nSPS) is 19.8. The summed E-state index contributed by atoms with van der Waals surface area (Å²) in [5, 5.41) is 55.6. The number of nitriles is 4. The molecule has 0 saturated heterocycles. The Kier molecular flexibility index (Phi) is 12.2. The Morgan fingerprint density at radius 3 is 1.36 bits per heavy atom. The first-order valence-electron chi connectivity index (χ1n) is 15.8. The van der Waals surface area contributed by atoms with E-state index in [4.69, 9.17) is 30.5 Å². The zero-order chi connectivity index (χ0) is 40.9. The van der Waals surface area contributed by atoms with Gasteiger partial charge in [-0.3, -0.25) is 0 Å². The molecule has 2 N–H and O–H groups in total. The maximum Gasteiger partial charge on any atom is 0.215 e. The summed E-state index contributed by atoms with van der Waals surface area (Å²) in [5.41, 5.74) is -0.115. The SMILES string of the molecule is N#CN=S(=O)(CF)c1ccc(Oc2cc(F)cc(C#N)c2)c2c1[C@H](O)[C@H](F)C2.N#CN=S(=O)(CF)c1ccc(Oc2cc(F)cc(C#N)c2)c2c1[C@H](O)[C@H](F)C2. The largest absolute Gasteiger partial charge is 0.457 e. The van der Waals surface area contributed by atoms with Crippen LogP contribution >= 0.6 is 0 Å². The number of alkyl halides is 4. The first-order valence-corrected chi connectivity index (χ1v) is 19.1. The third kappa shape index (κ3) is 8.10. The Labute approximate surface area is 315 Å². The zero-order valence-electron chi connectivity index (χ0n) is 28.2. The highest BCUT2D eigenvalue weighted by atomic mass is 32.2. The van der Waals surface area contributed by atoms with Crippen LogP contribution in [0.3, 0.4) is 0 Å². The van der Waals surface area contributed by atoms with E-state index in [0.717, 1.165) is 36.4 Å². The molecule has 2 aliphatic carbocycles. The van der Waals surface area contributed by atoms with Gasteiger partial charge in [-0.05, 0) is 48.5 Å². The highest BCUT2D eigenvalue weighted by molar-refractivity contribution is 7.93. The maximum atomic E-state index is 14.2. The van der Waals surface area contributed by atoms with Crippen molar-refractivity contribution in [2.24, 2.45) is 8.73 Å². The fourth-order valence-corrected chi connectivity index (χ4v) is 8.59. The highest BCUT2D eigenvalue weighted by Gasteiger charge is 2.39. The van der Waals surface area contributed by atoms with E-state index >= 15 is 0 Å². The summed E-state index contributed by atoms with van der Waals surface area (Å²) in [5.74, 6) is -1.50. The number of hydrogen-bond donors (Lipinski definition) is 2. The molecular formula is C36H24F6N6O6S2. The molecule has 0 spiro atoms. The van der Waals surface area contributed by atoms with E-state index in [0.29, 0.717) is 0 Å². The molecule has 288 valence electrons. The van der Waals surface area contributed by atoms with Gasteiger partial charge in [-0.25, -0.2) is 34.8 Å². The average Bonchev–Trinajstić information content (AvgIpc) is 3.65. The first kappa shape index (κ1) is 41.0. The van der Waals surface area contributed by atoms with E-state index in [9.17, 15) is 45.0 Å². The predicted octanol–water partition coefficient (Wildman–Crippen LogP) is 7.30. The molecule has 6 atom stereocenters. The molecule has 20 heteroatoms. The summed E-state index contributed by atoms with van der Waals surface area (Å²) in [6.07, 6.45) is -5.06. The fraction of sp³-hybridized carbons (Fsp3) is 0.222. The third-order valence-electron chi connectivity index (χ3n) is 8.44. The van der Waals surface area contributed by atoms with E-state index in [2.05, 4.69) is 8.73 Å². The molecule has 0 aromatic heterocycles. The number of rotatable bonds is 8. The van der Waals surface area contributed by atoms with Gasteiger partial charge in [0.2, 0.25) is 12.4 Å². The van der Waals surface area contributed by atoms with E-state index in [1.165, 1.54) is 36.7 Å². The number of hydrogen-bond acceptors (Lipinski definition) is 12. The van der Waals surface area contributed by atoms with Crippen LogP contribution in [0.4, 0.5) is 26.3 Å². The lowest BCUT2D eigenvalue weighted by Crippen LogP contribution is -2.11. The molecule has 0 bridgehead atoms. The van der Waals surface area contributed by atoms with Crippen LogP contribution in [0, 0.1) is 57.2 Å². The second-order valence-electron chi connectivity index (χ2n) is 11.9. The van der Waals surface area contributed by atoms with Gasteiger partial charge in [0.1, 0.15) is 78.6 Å². The van der Waals surface area contributed by atoms with Gasteiger partial charge in [0.25, 0.3) is 0 Å². The minimum atomic E-state index is -3.83. The Morgan fingerprint density at radius 2 is 1.04 bits per heavy atom. The molecule has 0 amide bonds. The van der Waals surface area contributed by atoms with Gasteiger partial charge in [0.15, 0.2) is 12.0 Å². The Hall–Kier alpha value is -6.16. The molecule has 2 aliphatic rings. The molecule has 6 rings (SSSR count). The lowest BCUT2D eigenvalue weighted by atomic mass is 10.1. The smallest absolute Gasteiger partial charge is 0.215 e. The second kappa shape index (κ2) is 16.7. The molecule has 0 aliphatic heterocycles. The lowest BCUT2D eigenvalue weighted by Gasteiger charge is -2.16. The van der Waals surface area contributed by atoms with Crippen LogP contribution in [0.15, 0.2) is 79.2 Å². The fourth-order valence-electron chi connectivity index (χ4n) is 6.06. The number of nitrogens with zero attached hydrogens (tertiary/aromatic N) is 6. The van der Waals surface area contributed by atoms with Crippen molar-refractivity contribution in [3.63, 3.8) is 0 Å². The molecule has 4 aromatic rings. The number of benzene rings is 4. The molecule has 4 aromatic carbocycles. The summed E-state index contributed by atoms with van der Waals surface area (Å²) in [7, 11) is -7.66. The summed E-state index contributed by atoms with van der Waals surface area (Å²) in [4.78, 5) is -0.577. The Bertz CT molecular complexity index is 2480. The third-order valence-corrected chi connectivity index (χ3v) is 11.9. The Balaban J connectivity index is 0.000000214. The van der Waals surface area contributed by atoms with Crippen LogP contribution in [0.25, 0.3) is 0 Å². The zero-order valence-corrected chi connectivity index (χ0v) is 29.8. The van der Waals surface area contributed by atoms with Crippen LogP contribution in [-0.4, -0.2) is 43.0 Å². The topological polar surface area (TPSA) is 213 Å². The summed E-state index contributed by atoms with van der Waals surface area (Å²) in [6, 6.07) is 11.8. The summed E-state index contributed by atoms with van der Waals surface area (Å²) >= 11 is 0. The average molecular weight is 815 g/mol. The predicted molar refractivity (Wildman–Crippen MR) is 183 cm³/mol. The van der Waals surface area contributed by atoms with Gasteiger partial charge >= 0.3 is 0 Å². The standard InChI is InChI=1S/2C18H12F3N3O3S/c2*19-8-28(26,24-9-23)16-2-1-15(13-6-14(21)18(25)17(13)16)27-12-4-10(7-22)3-11(20)5-12/h2*1-5,14,18,25H,6,8H2/t2*14-,18-,28?/m11/s1. The monoisotopic (exact) mass is 814 g/mol. The number of ether oxygens (including phenoxy) is 2. The quantitative estimate of drug-likeness (QED) is 0.134. The van der Waals surface area contributed by atoms with Crippen LogP contribution in [0.5, 0.6) is 23.0 Å². The van der Waals surface area contributed by atoms with Crippen LogP contribution in [0.1, 0.15) is 45.6 Å². The van der Waals surface area contributed by atoms with Crippen molar-refractivity contribution in [2.45, 2.75) is 47.2 Å². The van der Waals surface area contributed by atoms with Crippen LogP contribution in [0.2, 0.25) is 0 Å². The molecule has 0 heterocycles. The van der Waals surface area contributed by atoms with Crippen molar-refractivity contribution in [3.8, 4) is 47.5 Å². The molecule has 0 radical (unpaired) electrons. The van der Waals surface area contributed by atoms with Crippen molar-refractivity contribution in [2.75, 3.05) is 12.0 Å². The lowest BCUT2D eigenvalue weighted by molar-refractivity contribution is 0.0907. The molecule has 2 unspecified atom stereocenters. The van der Waals surface area contributed by atoms with Crippen molar-refractivity contribution >= 4 is 19.5 Å². The van der Waals surface area contributed by atoms with E-state index in [-0.39, 0.29) is 79.0 Å². The van der Waals surface area contributed by atoms with Crippen molar-refractivity contribution in [3.05, 3.63) is 106 Å². The number of aliphatic hydroxyl groups excluding tert-OH is 2. The van der Waals surface area contributed by atoms with Crippen LogP contribution < -0.4 is 9.47 Å². The van der Waals surface area contributed by atoms with Crippen molar-refractivity contribution < 1.29 is 54.4 Å². The van der Waals surface area contributed by atoms with Gasteiger partial charge in [0.05, 0.1) is 33.1 Å². The molecule has 12 nitrogen and oxygen atoms in total. The molecule has 0 fully saturated rings. The van der Waals surface area contributed by atoms with E-state index in [1.807, 2.05) is 0 Å². The first-order chi connectivity index (χ1) is 26.6. The van der Waals surface area contributed by atoms with Gasteiger partial charge in [-0.15, -0.1) is 8.73 Å². The molecule has 56 heavy (non-hydrogen) atoms. The van der Waals surface area contributed by atoms with Crippen LogP contribution in [-0.2, 0) is 32.3 Å². The van der Waals surface area contributed by atoms with Gasteiger partial charge in [-0.2, -0.15) is 21.0 Å². The second-order valence-corrected chi connectivity index (χ2v) is 16.1. The van der Waals surface area contributed by atoms with Crippen molar-refractivity contribution in [1.29, 1.82) is 21.0 Å². The number of halogens is 6. The Morgan fingerprint density at radius 1 is 0.661 bits per heavy atom. The van der Waals surface area contributed by atoms with Gasteiger partial charge < -0.3 is 19.7 Å². The van der Waals surface area contributed by atoms with E-state index in [1.54, 1.807) is 12.1 Å². The van der Waals surface area contributed by atoms with Crippen molar-refractivity contribution in [1.82, 2.24) is 0 Å². The number of aliphatic hydroxyl groups is 2. The summed E-state index contributed by atoms with van der Waals surface area (Å²) in [6.45, 7) is 0. The number of fused-ring (bicyclic) bond motifs is 2. The summed E-state index contributed by atoms with van der Waals surface area (Å²) < 4.78 is 125. The molecule has 0 saturated carbocycles. The minimum Gasteiger partial charge on any atom is -0.457 e. The van der Waals surface area contributed by atoms with Gasteiger partial charge in [0, 0.05) is 47.2 Å². The highest BCUT2D eigenvalue weighted by Crippen LogP contribution is 2.46. The maximum absolute atomic E-state index is 14.2. The molecular weight excluding hydrogens is 791 g/mol. The minimum absolute atomic E-state index is 0.0000580. The van der Waals surface area contributed by atoms with Gasteiger partial charge in [-0.1, -0.05) is 0 Å². The van der Waals surface area contributed by atoms with E-state index < -0.39 is 67.7 Å².